The molecule has 0 bridgehead atoms. The standard InChI is InChI=1S/C72H114N20O23/c1-11-36(8)58(71(113)88-44(24-34(4)5)64(106)90-50(72(114)115)29-53(76)96)92-61(103)41(19-15-16-22-73)81-67(109)48(28-52(75)95)83-59(101)37(9)80-62(104)47(27-51(74)94)86-60(102)42(20-21-54(97)98)82-66(108)46(26-40-31-78-32-79-40)85-68(110)49(30-55(99)100)87-63(105)43(23-33(2)3)84-65(107)45(25-39-17-13-12-14-18-39)89-70(112)57(35(6)7)91-69(111)56(77)38(10)93/h12-14,17-18,31-38,41-50,56-58,93H,11,15-16,19-30,73,77H2,1-10H3,(H2,74,94)(H2,75,95)(H2,76,96)(H,78,79)(H,80,104)(H,81,109)(H,82,108)(H,83,101)(H,84,107)(H,85,110)(H,86,102)(H,87,105)(H,88,113)(H,89,112)(H,90,106)(H,91,111)(H,92,103)(H,97,98)(H,99,100)(H,114,115)/t36-,37-,38+,41-,42-,43-,44-,45-,46-,47-,48-,49-,50-,56-,57-,58-/m0/s1. The predicted octanol–water partition coefficient (Wildman–Crippen LogP) is -6.80. The Morgan fingerprint density at radius 1 is 0.426 bits per heavy atom. The molecule has 0 unspecified atom stereocenters. The molecule has 0 aliphatic carbocycles. The molecule has 0 spiro atoms. The van der Waals surface area contributed by atoms with Crippen molar-refractivity contribution in [2.45, 2.75) is 250 Å². The minimum absolute atomic E-state index is 0.0489. The van der Waals surface area contributed by atoms with Gasteiger partial charge < -0.3 is 123 Å². The van der Waals surface area contributed by atoms with E-state index < -0.39 is 266 Å². The number of benzene rings is 1. The number of aromatic nitrogens is 2. The predicted molar refractivity (Wildman–Crippen MR) is 407 cm³/mol. The number of primary amides is 3. The number of aromatic amines is 1. The molecule has 0 fully saturated rings. The van der Waals surface area contributed by atoms with Crippen molar-refractivity contribution in [2.24, 2.45) is 52.3 Å². The Kier molecular flexibility index (Phi) is 42.9. The maximum atomic E-state index is 14.5. The third kappa shape index (κ3) is 36.7. The summed E-state index contributed by atoms with van der Waals surface area (Å²) in [5.41, 5.74) is 28.4. The number of nitrogens with one attached hydrogen (secondary N) is 14. The van der Waals surface area contributed by atoms with E-state index >= 15 is 0 Å². The molecule has 43 nitrogen and oxygen atoms in total. The summed E-state index contributed by atoms with van der Waals surface area (Å²) in [5.74, 6) is -24.7. The molecule has 115 heavy (non-hydrogen) atoms. The Labute approximate surface area is 663 Å². The van der Waals surface area contributed by atoms with Crippen molar-refractivity contribution < 1.29 is 112 Å². The lowest BCUT2D eigenvalue weighted by atomic mass is 9.96. The fourth-order valence-electron chi connectivity index (χ4n) is 11.3. The monoisotopic (exact) mass is 1630 g/mol. The molecule has 43 heteroatoms. The highest BCUT2D eigenvalue weighted by atomic mass is 16.4. The number of hydrogen-bond donors (Lipinski definition) is 23. The number of imidazole rings is 1. The van der Waals surface area contributed by atoms with E-state index in [1.807, 2.05) is 0 Å². The Morgan fingerprint density at radius 2 is 0.817 bits per heavy atom. The minimum atomic E-state index is -2.06. The molecule has 2 aromatic rings. The molecule has 2 rings (SSSR count). The molecule has 16 amide bonds. The van der Waals surface area contributed by atoms with E-state index in [1.54, 1.807) is 85.7 Å². The van der Waals surface area contributed by atoms with Crippen molar-refractivity contribution in [1.82, 2.24) is 79.1 Å². The molecule has 1 aromatic heterocycles. The van der Waals surface area contributed by atoms with Crippen LogP contribution < -0.4 is 97.8 Å². The average Bonchev–Trinajstić information content (AvgIpc) is 1.04. The van der Waals surface area contributed by atoms with E-state index in [0.717, 1.165) is 6.92 Å². The van der Waals surface area contributed by atoms with Gasteiger partial charge in [0.25, 0.3) is 0 Å². The van der Waals surface area contributed by atoms with Gasteiger partial charge in [-0.2, -0.15) is 0 Å². The van der Waals surface area contributed by atoms with Gasteiger partial charge in [0.1, 0.15) is 84.6 Å². The van der Waals surface area contributed by atoms with Crippen LogP contribution in [0.4, 0.5) is 0 Å². The van der Waals surface area contributed by atoms with Gasteiger partial charge in [-0.15, -0.1) is 0 Å². The van der Waals surface area contributed by atoms with Crippen molar-refractivity contribution in [1.29, 1.82) is 0 Å². The van der Waals surface area contributed by atoms with Crippen LogP contribution in [0.3, 0.4) is 0 Å². The highest BCUT2D eigenvalue weighted by Gasteiger charge is 2.40. The van der Waals surface area contributed by atoms with Crippen LogP contribution in [0.25, 0.3) is 0 Å². The Hall–Kier alpha value is -11.8. The topological polar surface area (TPSA) is 720 Å². The molecular formula is C72H114N20O23. The first-order valence-electron chi connectivity index (χ1n) is 37.4. The fraction of sp³-hybridized carbons (Fsp3) is 0.611. The normalized spacial score (nSPS) is 15.4. The zero-order valence-corrected chi connectivity index (χ0v) is 66.0. The number of amides is 16. The third-order valence-corrected chi connectivity index (χ3v) is 17.8. The number of rotatable bonds is 54. The zero-order valence-electron chi connectivity index (χ0n) is 66.0. The molecule has 28 N–H and O–H groups in total. The van der Waals surface area contributed by atoms with Gasteiger partial charge in [-0.1, -0.05) is 92.1 Å². The summed E-state index contributed by atoms with van der Waals surface area (Å²) in [5, 5.41) is 70.4. The molecule has 16 atom stereocenters. The number of H-pyrrole nitrogens is 1. The van der Waals surface area contributed by atoms with Crippen molar-refractivity contribution in [2.75, 3.05) is 6.54 Å². The van der Waals surface area contributed by atoms with Crippen molar-refractivity contribution in [3.05, 3.63) is 54.1 Å². The lowest BCUT2D eigenvalue weighted by molar-refractivity contribution is -0.144. The number of carbonyl (C=O) groups is 19. The molecule has 0 saturated carbocycles. The fourth-order valence-corrected chi connectivity index (χ4v) is 11.3. The number of carboxylic acids is 3. The van der Waals surface area contributed by atoms with E-state index in [9.17, 15) is 112 Å². The van der Waals surface area contributed by atoms with Crippen LogP contribution in [0.2, 0.25) is 0 Å². The summed E-state index contributed by atoms with van der Waals surface area (Å²) in [6, 6.07) is -15.3. The van der Waals surface area contributed by atoms with Gasteiger partial charge in [-0.3, -0.25) is 86.3 Å². The summed E-state index contributed by atoms with van der Waals surface area (Å²) < 4.78 is 0. The quantitative estimate of drug-likeness (QED) is 0.0274. The van der Waals surface area contributed by atoms with E-state index in [4.69, 9.17) is 28.7 Å². The summed E-state index contributed by atoms with van der Waals surface area (Å²) in [4.78, 5) is 262. The number of aliphatic hydroxyl groups is 1. The molecular weight excluding hydrogens is 1510 g/mol. The van der Waals surface area contributed by atoms with Gasteiger partial charge >= 0.3 is 17.9 Å². The Balaban J connectivity index is 2.52. The van der Waals surface area contributed by atoms with Crippen LogP contribution in [0, 0.1) is 23.7 Å². The Bertz CT molecular complexity index is 3700. The number of carboxylic acid groups (broad SMARTS) is 3. The van der Waals surface area contributed by atoms with Crippen molar-refractivity contribution >= 4 is 112 Å². The second-order valence-corrected chi connectivity index (χ2v) is 29.1. The first-order chi connectivity index (χ1) is 53.8. The smallest absolute Gasteiger partial charge is 0.326 e. The molecule has 640 valence electrons. The number of unbranched alkanes of at least 4 members (excludes halogenated alkanes) is 1. The van der Waals surface area contributed by atoms with Crippen LogP contribution in [0.1, 0.15) is 158 Å². The first-order valence-corrected chi connectivity index (χ1v) is 37.4. The number of nitrogens with zero attached hydrogens (tertiary/aromatic N) is 1. The minimum Gasteiger partial charge on any atom is -0.481 e. The molecule has 0 saturated heterocycles. The first kappa shape index (κ1) is 99.3. The average molecular weight is 1630 g/mol. The molecule has 0 aliphatic heterocycles. The highest BCUT2D eigenvalue weighted by Crippen LogP contribution is 2.16. The van der Waals surface area contributed by atoms with Crippen LogP contribution in [0.5, 0.6) is 0 Å². The maximum Gasteiger partial charge on any atom is 0.326 e. The van der Waals surface area contributed by atoms with Gasteiger partial charge in [0.05, 0.1) is 38.1 Å². The van der Waals surface area contributed by atoms with Crippen molar-refractivity contribution in [3.63, 3.8) is 0 Å². The second-order valence-electron chi connectivity index (χ2n) is 29.1. The van der Waals surface area contributed by atoms with Gasteiger partial charge in [0.2, 0.25) is 94.5 Å². The SMILES string of the molecule is CC[C@H](C)[C@H](NC(=O)[C@H](CCCCN)NC(=O)[C@H](CC(N)=O)NC(=O)[C@H](C)NC(=O)[C@H](CC(N)=O)NC(=O)[C@H](CCC(=O)O)NC(=O)[C@H](Cc1cnc[nH]1)NC(=O)[C@H](CC(=O)O)NC(=O)[C@H](CC(C)C)NC(=O)[C@H](Cc1ccccc1)NC(=O)[C@@H](NC(=O)[C@@H](N)[C@@H](C)O)C(C)C)C(=O)N[C@@H](CC(C)C)C(=O)N[C@@H](CC(N)=O)C(=O)O. The van der Waals surface area contributed by atoms with Gasteiger partial charge in [0.15, 0.2) is 0 Å². The zero-order chi connectivity index (χ0) is 87.3. The van der Waals surface area contributed by atoms with E-state index in [2.05, 4.69) is 79.1 Å². The van der Waals surface area contributed by atoms with E-state index in [-0.39, 0.29) is 56.7 Å². The van der Waals surface area contributed by atoms with Gasteiger partial charge in [-0.25, -0.2) is 9.78 Å². The third-order valence-electron chi connectivity index (χ3n) is 17.8. The number of carbonyl (C=O) groups excluding carboxylic acids is 16. The maximum absolute atomic E-state index is 14.5. The van der Waals surface area contributed by atoms with E-state index in [1.165, 1.54) is 19.4 Å². The van der Waals surface area contributed by atoms with Crippen LogP contribution in [-0.2, 0) is 104 Å². The number of hydrogen-bond acceptors (Lipinski definition) is 23. The summed E-state index contributed by atoms with van der Waals surface area (Å²) in [7, 11) is 0. The molecule has 1 aromatic carbocycles. The number of aliphatic hydroxyl groups excluding tert-OH is 1. The van der Waals surface area contributed by atoms with Crippen LogP contribution >= 0.6 is 0 Å². The summed E-state index contributed by atoms with van der Waals surface area (Å²) in [6.45, 7) is 15.6. The lowest BCUT2D eigenvalue weighted by Crippen LogP contribution is -2.62. The van der Waals surface area contributed by atoms with E-state index in [0.29, 0.717) is 12.0 Å². The Morgan fingerprint density at radius 3 is 1.27 bits per heavy atom. The number of nitrogens with two attached hydrogens (primary N) is 5. The highest BCUT2D eigenvalue weighted by molar-refractivity contribution is 6.02. The summed E-state index contributed by atoms with van der Waals surface area (Å²) >= 11 is 0. The molecule has 1 heterocycles. The molecule has 0 radical (unpaired) electrons. The van der Waals surface area contributed by atoms with Gasteiger partial charge in [-0.05, 0) is 88.2 Å². The number of aliphatic carboxylic acids is 3. The van der Waals surface area contributed by atoms with Crippen molar-refractivity contribution in [3.8, 4) is 0 Å². The molecule has 0 aliphatic rings. The summed E-state index contributed by atoms with van der Waals surface area (Å²) in [6.07, 6.45) is -4.91. The lowest BCUT2D eigenvalue weighted by Gasteiger charge is -2.29. The largest absolute Gasteiger partial charge is 0.481 e. The van der Waals surface area contributed by atoms with Crippen LogP contribution in [0.15, 0.2) is 42.9 Å². The van der Waals surface area contributed by atoms with Crippen LogP contribution in [-0.4, -0.2) is 240 Å². The second kappa shape index (κ2) is 49.7. The van der Waals surface area contributed by atoms with Gasteiger partial charge in [0, 0.05) is 31.2 Å².